The van der Waals surface area contributed by atoms with Crippen molar-refractivity contribution < 1.29 is 28.5 Å². The van der Waals surface area contributed by atoms with Crippen molar-refractivity contribution in [2.75, 3.05) is 33.3 Å². The van der Waals surface area contributed by atoms with E-state index < -0.39 is 18.5 Å². The molecule has 29 heavy (non-hydrogen) atoms. The topological polar surface area (TPSA) is 113 Å². The highest BCUT2D eigenvalue weighted by molar-refractivity contribution is 5.99. The molecule has 1 aromatic carbocycles. The van der Waals surface area contributed by atoms with Gasteiger partial charge in [-0.05, 0) is 13.0 Å². The van der Waals surface area contributed by atoms with Crippen LogP contribution < -0.4 is 19.5 Å². The van der Waals surface area contributed by atoms with Gasteiger partial charge in [0.1, 0.15) is 5.56 Å². The van der Waals surface area contributed by atoms with Crippen molar-refractivity contribution in [3.8, 4) is 17.2 Å². The zero-order valence-electron chi connectivity index (χ0n) is 16.4. The predicted molar refractivity (Wildman–Crippen MR) is 103 cm³/mol. The number of anilines is 1. The monoisotopic (exact) mass is 400 g/mol. The van der Waals surface area contributed by atoms with Crippen molar-refractivity contribution in [2.45, 2.75) is 6.92 Å². The number of nitrogens with zero attached hydrogens (tertiary/aromatic N) is 3. The molecule has 0 spiro atoms. The minimum absolute atomic E-state index is 0.214. The highest BCUT2D eigenvalue weighted by Gasteiger charge is 2.21. The van der Waals surface area contributed by atoms with Crippen LogP contribution in [0.4, 0.5) is 5.69 Å². The number of nitrogens with one attached hydrogen (secondary N) is 1. The summed E-state index contributed by atoms with van der Waals surface area (Å²) in [4.78, 5) is 28.8. The molecule has 0 unspecified atom stereocenters. The summed E-state index contributed by atoms with van der Waals surface area (Å²) in [6, 6.07) is 4.83. The molecule has 1 N–H and O–H groups in total. The Morgan fingerprint density at radius 3 is 2.41 bits per heavy atom. The summed E-state index contributed by atoms with van der Waals surface area (Å²) >= 11 is 0. The number of aryl methyl sites for hydroxylation is 1. The maximum absolute atomic E-state index is 12.4. The lowest BCUT2D eigenvalue weighted by Gasteiger charge is -2.14. The van der Waals surface area contributed by atoms with Gasteiger partial charge in [0.05, 0.1) is 27.0 Å². The standard InChI is InChI=1S/C19H20N4O6/c1-11-16(18-20-6-5-7-23(18)22-11)19(25)29-10-15(24)21-12-8-13(26-2)17(28-4)14(9-12)27-3/h5-9H,10H2,1-4H3,(H,21,24). The lowest BCUT2D eigenvalue weighted by atomic mass is 10.2. The summed E-state index contributed by atoms with van der Waals surface area (Å²) in [7, 11) is 4.42. The van der Waals surface area contributed by atoms with Crippen LogP contribution in [0.2, 0.25) is 0 Å². The second kappa shape index (κ2) is 8.46. The van der Waals surface area contributed by atoms with Gasteiger partial charge in [0, 0.05) is 30.2 Å². The SMILES string of the molecule is COc1cc(NC(=O)COC(=O)c2c(C)nn3cccnc23)cc(OC)c1OC. The summed E-state index contributed by atoms with van der Waals surface area (Å²) in [6.07, 6.45) is 3.22. The fourth-order valence-corrected chi connectivity index (χ4v) is 2.79. The van der Waals surface area contributed by atoms with Gasteiger partial charge in [0.25, 0.3) is 5.91 Å². The summed E-state index contributed by atoms with van der Waals surface area (Å²) < 4.78 is 22.3. The number of methoxy groups -OCH3 is 3. The maximum atomic E-state index is 12.4. The number of carbonyl (C=O) groups excluding carboxylic acids is 2. The number of amides is 1. The zero-order valence-corrected chi connectivity index (χ0v) is 16.4. The molecule has 0 aliphatic heterocycles. The minimum Gasteiger partial charge on any atom is -0.493 e. The van der Waals surface area contributed by atoms with Crippen molar-refractivity contribution in [2.24, 2.45) is 0 Å². The summed E-state index contributed by atoms with van der Waals surface area (Å²) in [6.45, 7) is 1.18. The van der Waals surface area contributed by atoms with Crippen molar-refractivity contribution in [1.82, 2.24) is 14.6 Å². The van der Waals surface area contributed by atoms with E-state index in [0.29, 0.717) is 34.3 Å². The molecular formula is C19H20N4O6. The molecule has 0 saturated heterocycles. The Morgan fingerprint density at radius 2 is 1.79 bits per heavy atom. The quantitative estimate of drug-likeness (QED) is 0.598. The molecule has 152 valence electrons. The molecule has 0 atom stereocenters. The van der Waals surface area contributed by atoms with Crippen molar-refractivity contribution in [3.05, 3.63) is 41.9 Å². The van der Waals surface area contributed by atoms with E-state index in [1.165, 1.54) is 25.8 Å². The minimum atomic E-state index is -0.684. The van der Waals surface area contributed by atoms with Crippen LogP contribution in [0, 0.1) is 6.92 Å². The predicted octanol–water partition coefficient (Wildman–Crippen LogP) is 1.86. The van der Waals surface area contributed by atoms with Gasteiger partial charge in [-0.1, -0.05) is 0 Å². The number of aromatic nitrogens is 3. The molecule has 3 aromatic rings. The second-order valence-corrected chi connectivity index (χ2v) is 5.89. The lowest BCUT2D eigenvalue weighted by Crippen LogP contribution is -2.21. The Balaban J connectivity index is 1.70. The van der Waals surface area contributed by atoms with E-state index in [2.05, 4.69) is 15.4 Å². The number of fused-ring (bicyclic) bond motifs is 1. The third-order valence-corrected chi connectivity index (χ3v) is 4.06. The summed E-state index contributed by atoms with van der Waals surface area (Å²) in [5, 5.41) is 6.82. The first-order chi connectivity index (χ1) is 14.0. The molecule has 3 rings (SSSR count). The molecule has 10 nitrogen and oxygen atoms in total. The third-order valence-electron chi connectivity index (χ3n) is 4.06. The van der Waals surface area contributed by atoms with E-state index in [-0.39, 0.29) is 5.56 Å². The van der Waals surface area contributed by atoms with Gasteiger partial charge in [-0.15, -0.1) is 0 Å². The van der Waals surface area contributed by atoms with Gasteiger partial charge in [0.15, 0.2) is 23.8 Å². The largest absolute Gasteiger partial charge is 0.493 e. The second-order valence-electron chi connectivity index (χ2n) is 5.89. The van der Waals surface area contributed by atoms with Crippen LogP contribution >= 0.6 is 0 Å². The number of carbonyl (C=O) groups is 2. The van der Waals surface area contributed by atoms with Gasteiger partial charge >= 0.3 is 5.97 Å². The van der Waals surface area contributed by atoms with Gasteiger partial charge < -0.3 is 24.3 Å². The van der Waals surface area contributed by atoms with E-state index in [9.17, 15) is 9.59 Å². The Bertz CT molecular complexity index is 1040. The lowest BCUT2D eigenvalue weighted by molar-refractivity contribution is -0.119. The van der Waals surface area contributed by atoms with Crippen molar-refractivity contribution in [3.63, 3.8) is 0 Å². The fraction of sp³-hybridized carbons (Fsp3) is 0.263. The Labute approximate surface area is 166 Å². The highest BCUT2D eigenvalue weighted by atomic mass is 16.5. The Morgan fingerprint density at radius 1 is 1.10 bits per heavy atom. The summed E-state index contributed by atoms with van der Waals surface area (Å²) in [5.74, 6) is -0.0548. The van der Waals surface area contributed by atoms with Gasteiger partial charge in [-0.2, -0.15) is 5.10 Å². The van der Waals surface area contributed by atoms with E-state index in [1.807, 2.05) is 0 Å². The zero-order chi connectivity index (χ0) is 21.0. The number of esters is 1. The van der Waals surface area contributed by atoms with Crippen LogP contribution in [0.15, 0.2) is 30.6 Å². The molecule has 0 aliphatic rings. The van der Waals surface area contributed by atoms with Crippen LogP contribution in [0.1, 0.15) is 16.1 Å². The van der Waals surface area contributed by atoms with Gasteiger partial charge in [0.2, 0.25) is 5.75 Å². The maximum Gasteiger partial charge on any atom is 0.344 e. The first-order valence-corrected chi connectivity index (χ1v) is 8.55. The van der Waals surface area contributed by atoms with Crippen molar-refractivity contribution in [1.29, 1.82) is 0 Å². The number of ether oxygens (including phenoxy) is 4. The van der Waals surface area contributed by atoms with Crippen LogP contribution in [-0.4, -0.2) is 54.4 Å². The van der Waals surface area contributed by atoms with E-state index in [4.69, 9.17) is 18.9 Å². The molecule has 2 heterocycles. The average Bonchev–Trinajstić information content (AvgIpc) is 3.06. The number of rotatable bonds is 7. The molecular weight excluding hydrogens is 380 g/mol. The van der Waals surface area contributed by atoms with E-state index >= 15 is 0 Å². The van der Waals surface area contributed by atoms with Crippen molar-refractivity contribution >= 4 is 23.2 Å². The molecule has 0 radical (unpaired) electrons. The smallest absolute Gasteiger partial charge is 0.344 e. The van der Waals surface area contributed by atoms with Crippen LogP contribution in [-0.2, 0) is 9.53 Å². The Kier molecular flexibility index (Phi) is 5.82. The number of hydrogen-bond acceptors (Lipinski definition) is 8. The molecule has 2 aromatic heterocycles. The summed E-state index contributed by atoms with van der Waals surface area (Å²) in [5.41, 5.74) is 1.43. The first-order valence-electron chi connectivity index (χ1n) is 8.55. The van der Waals surface area contributed by atoms with Crippen LogP contribution in [0.3, 0.4) is 0 Å². The molecule has 0 fully saturated rings. The highest BCUT2D eigenvalue weighted by Crippen LogP contribution is 2.39. The van der Waals surface area contributed by atoms with Crippen LogP contribution in [0.5, 0.6) is 17.2 Å². The van der Waals surface area contributed by atoms with E-state index in [1.54, 1.807) is 37.5 Å². The molecule has 10 heteroatoms. The fourth-order valence-electron chi connectivity index (χ4n) is 2.79. The molecule has 1 amide bonds. The molecule has 0 saturated carbocycles. The van der Waals surface area contributed by atoms with Gasteiger partial charge in [-0.3, -0.25) is 4.79 Å². The molecule has 0 bridgehead atoms. The molecule has 0 aliphatic carbocycles. The first kappa shape index (κ1) is 19.9. The third kappa shape index (κ3) is 4.05. The van der Waals surface area contributed by atoms with E-state index in [0.717, 1.165) is 0 Å². The average molecular weight is 400 g/mol. The normalized spacial score (nSPS) is 10.5. The van der Waals surface area contributed by atoms with Gasteiger partial charge in [-0.25, -0.2) is 14.3 Å². The van der Waals surface area contributed by atoms with Crippen LogP contribution in [0.25, 0.3) is 5.65 Å². The number of benzene rings is 1. The number of hydrogen-bond donors (Lipinski definition) is 1. The Hall–Kier alpha value is -3.82.